The van der Waals surface area contributed by atoms with Gasteiger partial charge in [0.25, 0.3) is 0 Å². The Morgan fingerprint density at radius 2 is 1.49 bits per heavy atom. The van der Waals surface area contributed by atoms with Gasteiger partial charge in [-0.1, -0.05) is 5.21 Å². The van der Waals surface area contributed by atoms with Crippen LogP contribution in [0.2, 0.25) is 0 Å². The van der Waals surface area contributed by atoms with E-state index in [1.807, 2.05) is 22.6 Å². The number of ether oxygens (including phenoxy) is 6. The monoisotopic (exact) mass is 710 g/mol. The lowest BCUT2D eigenvalue weighted by atomic mass is 9.98. The Kier molecular flexibility index (Phi) is 10.8. The van der Waals surface area contributed by atoms with E-state index in [1.165, 1.54) is 28.9 Å². The number of aromatic nitrogens is 3. The molecule has 0 bridgehead atoms. The summed E-state index contributed by atoms with van der Waals surface area (Å²) in [5.74, 6) is -2.95. The molecule has 1 aromatic carbocycles. The van der Waals surface area contributed by atoms with Crippen LogP contribution in [0.5, 0.6) is 0 Å². The molecule has 1 aliphatic rings. The second-order valence-electron chi connectivity index (χ2n) is 8.66. The number of hydrogen-bond donors (Lipinski definition) is 1. The van der Waals surface area contributed by atoms with Crippen LogP contribution in [0, 0.1) is 3.70 Å². The number of halogens is 1. The first kappa shape index (κ1) is 32.3. The number of nitrogens with zero attached hydrogens (tertiary/aromatic N) is 3. The molecule has 224 valence electrons. The molecule has 1 aliphatic heterocycles. The van der Waals surface area contributed by atoms with E-state index in [4.69, 9.17) is 33.6 Å². The number of primary sulfonamides is 1. The van der Waals surface area contributed by atoms with E-state index >= 15 is 0 Å². The summed E-state index contributed by atoms with van der Waals surface area (Å²) >= 11 is 1.95. The highest BCUT2D eigenvalue weighted by molar-refractivity contribution is 14.1. The van der Waals surface area contributed by atoms with Crippen molar-refractivity contribution in [2.75, 3.05) is 6.61 Å². The SMILES string of the molecule is CC(=O)OC[C@H]1O[C@@H](OCc2nnn(-c3ccc(S(N)(=O)=O)cc3)c2I)[C@H](OC(C)=O)[C@@H](OC(C)=O)[C@@H]1OC(C)=O. The molecule has 0 spiro atoms. The maximum atomic E-state index is 12.0. The normalized spacial score (nSPS) is 22.4. The Balaban J connectivity index is 1.89. The van der Waals surface area contributed by atoms with E-state index in [0.29, 0.717) is 15.1 Å². The molecule has 1 saturated heterocycles. The van der Waals surface area contributed by atoms with Crippen LogP contribution in [0.25, 0.3) is 5.69 Å². The van der Waals surface area contributed by atoms with Crippen LogP contribution in [0.3, 0.4) is 0 Å². The number of rotatable bonds is 10. The van der Waals surface area contributed by atoms with Crippen molar-refractivity contribution in [2.45, 2.75) is 69.9 Å². The lowest BCUT2D eigenvalue weighted by Gasteiger charge is -2.43. The third-order valence-corrected chi connectivity index (χ3v) is 7.43. The predicted octanol–water partition coefficient (Wildman–Crippen LogP) is 0.119. The molecule has 3 rings (SSSR count). The first-order valence-corrected chi connectivity index (χ1v) is 14.4. The smallest absolute Gasteiger partial charge is 0.303 e. The zero-order valence-corrected chi connectivity index (χ0v) is 25.2. The van der Waals surface area contributed by atoms with Gasteiger partial charge in [-0.15, -0.1) is 5.10 Å². The van der Waals surface area contributed by atoms with Crippen LogP contribution in [0.15, 0.2) is 29.2 Å². The van der Waals surface area contributed by atoms with Crippen LogP contribution < -0.4 is 5.14 Å². The second kappa shape index (κ2) is 13.6. The summed E-state index contributed by atoms with van der Waals surface area (Å²) in [6, 6.07) is 5.60. The molecule has 0 amide bonds. The summed E-state index contributed by atoms with van der Waals surface area (Å²) in [7, 11) is -3.88. The van der Waals surface area contributed by atoms with Gasteiger partial charge in [-0.25, -0.2) is 18.2 Å². The van der Waals surface area contributed by atoms with Gasteiger partial charge in [0, 0.05) is 27.7 Å². The Bertz CT molecular complexity index is 1400. The number of carbonyl (C=O) groups excluding carboxylic acids is 4. The van der Waals surface area contributed by atoms with E-state index < -0.39 is 71.2 Å². The van der Waals surface area contributed by atoms with Crippen LogP contribution in [0.4, 0.5) is 0 Å². The van der Waals surface area contributed by atoms with E-state index in [9.17, 15) is 27.6 Å². The molecular weight excluding hydrogens is 683 g/mol. The molecule has 0 radical (unpaired) electrons. The predicted molar refractivity (Wildman–Crippen MR) is 142 cm³/mol. The molecule has 16 nitrogen and oxygen atoms in total. The van der Waals surface area contributed by atoms with Gasteiger partial charge in [-0.05, 0) is 46.9 Å². The van der Waals surface area contributed by atoms with Crippen molar-refractivity contribution < 1.29 is 56.0 Å². The van der Waals surface area contributed by atoms with E-state index in [-0.39, 0.29) is 11.5 Å². The largest absolute Gasteiger partial charge is 0.463 e. The maximum absolute atomic E-state index is 12.0. The molecule has 41 heavy (non-hydrogen) atoms. The minimum absolute atomic E-state index is 0.0800. The van der Waals surface area contributed by atoms with Crippen molar-refractivity contribution >= 4 is 56.5 Å². The fourth-order valence-electron chi connectivity index (χ4n) is 3.82. The highest BCUT2D eigenvalue weighted by Gasteiger charge is 2.52. The number of carbonyl (C=O) groups is 4. The number of benzene rings is 1. The van der Waals surface area contributed by atoms with E-state index in [1.54, 1.807) is 0 Å². The quantitative estimate of drug-likeness (QED) is 0.197. The summed E-state index contributed by atoms with van der Waals surface area (Å²) < 4.78 is 57.9. The lowest BCUT2D eigenvalue weighted by molar-refractivity contribution is -0.310. The van der Waals surface area contributed by atoms with Gasteiger partial charge in [-0.2, -0.15) is 0 Å². The fraction of sp³-hybridized carbons (Fsp3) is 0.478. The average Bonchev–Trinajstić information content (AvgIpc) is 3.23. The summed E-state index contributed by atoms with van der Waals surface area (Å²) in [6.07, 6.45) is -6.66. The van der Waals surface area contributed by atoms with E-state index in [2.05, 4.69) is 10.3 Å². The highest BCUT2D eigenvalue weighted by Crippen LogP contribution is 2.31. The van der Waals surface area contributed by atoms with Crippen molar-refractivity contribution in [3.63, 3.8) is 0 Å². The molecule has 5 atom stereocenters. The first-order valence-electron chi connectivity index (χ1n) is 11.8. The third kappa shape index (κ3) is 8.64. The minimum atomic E-state index is -3.88. The van der Waals surface area contributed by atoms with Gasteiger partial charge in [0.2, 0.25) is 10.0 Å². The topological polar surface area (TPSA) is 215 Å². The Hall–Kier alpha value is -3.20. The molecule has 2 N–H and O–H groups in total. The molecular formula is C23H27IN4O12S. The molecule has 0 aliphatic carbocycles. The summed E-state index contributed by atoms with van der Waals surface area (Å²) in [5.41, 5.74) is 0.793. The number of hydrogen-bond acceptors (Lipinski definition) is 14. The van der Waals surface area contributed by atoms with Crippen LogP contribution >= 0.6 is 22.6 Å². The zero-order valence-electron chi connectivity index (χ0n) is 22.2. The minimum Gasteiger partial charge on any atom is -0.463 e. The summed E-state index contributed by atoms with van der Waals surface area (Å²) in [4.78, 5) is 47.2. The van der Waals surface area contributed by atoms with E-state index in [0.717, 1.165) is 27.7 Å². The molecule has 0 unspecified atom stereocenters. The van der Waals surface area contributed by atoms with Gasteiger partial charge < -0.3 is 28.4 Å². The first-order chi connectivity index (χ1) is 19.2. The Labute approximate surface area is 247 Å². The van der Waals surface area contributed by atoms with Gasteiger partial charge in [0.1, 0.15) is 22.1 Å². The van der Waals surface area contributed by atoms with Crippen LogP contribution in [-0.4, -0.2) is 84.6 Å². The highest BCUT2D eigenvalue weighted by atomic mass is 127. The Morgan fingerprint density at radius 3 is 2.02 bits per heavy atom. The molecule has 18 heteroatoms. The third-order valence-electron chi connectivity index (χ3n) is 5.42. The molecule has 1 fully saturated rings. The van der Waals surface area contributed by atoms with Crippen molar-refractivity contribution in [3.8, 4) is 5.69 Å². The number of sulfonamides is 1. The maximum Gasteiger partial charge on any atom is 0.303 e. The Morgan fingerprint density at radius 1 is 0.927 bits per heavy atom. The summed E-state index contributed by atoms with van der Waals surface area (Å²) in [6.45, 7) is 3.85. The van der Waals surface area contributed by atoms with Crippen LogP contribution in [0.1, 0.15) is 33.4 Å². The average molecular weight is 710 g/mol. The zero-order chi connectivity index (χ0) is 30.5. The van der Waals surface area contributed by atoms with Gasteiger partial charge >= 0.3 is 23.9 Å². The van der Waals surface area contributed by atoms with Gasteiger partial charge in [0.15, 0.2) is 24.6 Å². The molecule has 2 aromatic rings. The van der Waals surface area contributed by atoms with Gasteiger partial charge in [-0.3, -0.25) is 19.2 Å². The fourth-order valence-corrected chi connectivity index (χ4v) is 4.97. The number of esters is 4. The number of nitrogens with two attached hydrogens (primary N) is 1. The van der Waals surface area contributed by atoms with Crippen molar-refractivity contribution in [3.05, 3.63) is 33.7 Å². The lowest BCUT2D eigenvalue weighted by Crippen LogP contribution is -2.62. The summed E-state index contributed by atoms with van der Waals surface area (Å²) in [5, 5.41) is 13.3. The second-order valence-corrected chi connectivity index (χ2v) is 11.2. The molecule has 0 saturated carbocycles. The standard InChI is InChI=1S/C23H27IN4O12S/c1-11(29)35-10-18-19(37-12(2)30)20(38-13(3)31)21(39-14(4)32)23(40-18)36-9-17-22(24)28(27-26-17)15-5-7-16(8-6-15)41(25,33)34/h5-8,18-21,23H,9-10H2,1-4H3,(H2,25,33,34)/t18-,19-,20+,21-,23-/m1/s1. The molecule has 1 aromatic heterocycles. The van der Waals surface area contributed by atoms with Crippen molar-refractivity contribution in [1.82, 2.24) is 15.0 Å². The van der Waals surface area contributed by atoms with Crippen molar-refractivity contribution in [1.29, 1.82) is 0 Å². The van der Waals surface area contributed by atoms with Crippen LogP contribution in [-0.2, 0) is 64.2 Å². The van der Waals surface area contributed by atoms with Crippen molar-refractivity contribution in [2.24, 2.45) is 5.14 Å². The molecule has 2 heterocycles. The van der Waals surface area contributed by atoms with Gasteiger partial charge in [0.05, 0.1) is 17.2 Å².